The highest BCUT2D eigenvalue weighted by atomic mass is 16.5. The molecule has 0 aliphatic heterocycles. The SMILES string of the molecule is CCNC1CCCc2cc(OCc3nnc(C)o3)ccc21. The molecule has 3 rings (SSSR count). The molecule has 1 heterocycles. The second-order valence-corrected chi connectivity index (χ2v) is 5.37. The molecule has 5 nitrogen and oxygen atoms in total. The molecule has 0 spiro atoms. The fraction of sp³-hybridized carbons (Fsp3) is 0.500. The van der Waals surface area contributed by atoms with E-state index in [0.717, 1.165) is 18.7 Å². The number of ether oxygens (including phenoxy) is 1. The molecule has 1 aliphatic rings. The van der Waals surface area contributed by atoms with E-state index in [0.29, 0.717) is 24.4 Å². The molecular weight excluding hydrogens is 266 g/mol. The van der Waals surface area contributed by atoms with Crippen molar-refractivity contribution < 1.29 is 9.15 Å². The van der Waals surface area contributed by atoms with Crippen molar-refractivity contribution in [2.75, 3.05) is 6.54 Å². The third kappa shape index (κ3) is 3.24. The average Bonchev–Trinajstić information content (AvgIpc) is 2.91. The minimum atomic E-state index is 0.316. The van der Waals surface area contributed by atoms with Crippen LogP contribution in [0.25, 0.3) is 0 Å². The van der Waals surface area contributed by atoms with E-state index in [4.69, 9.17) is 9.15 Å². The number of benzene rings is 1. The summed E-state index contributed by atoms with van der Waals surface area (Å²) >= 11 is 0. The quantitative estimate of drug-likeness (QED) is 0.916. The van der Waals surface area contributed by atoms with Crippen LogP contribution in [-0.2, 0) is 13.0 Å². The van der Waals surface area contributed by atoms with Crippen molar-refractivity contribution in [2.45, 2.75) is 45.8 Å². The van der Waals surface area contributed by atoms with E-state index in [9.17, 15) is 0 Å². The highest BCUT2D eigenvalue weighted by molar-refractivity contribution is 5.39. The van der Waals surface area contributed by atoms with Gasteiger partial charge in [0.1, 0.15) is 5.75 Å². The van der Waals surface area contributed by atoms with Gasteiger partial charge in [0.05, 0.1) is 0 Å². The van der Waals surface area contributed by atoms with E-state index in [1.54, 1.807) is 6.92 Å². The topological polar surface area (TPSA) is 60.2 Å². The zero-order chi connectivity index (χ0) is 14.7. The average molecular weight is 287 g/mol. The molecule has 0 saturated carbocycles. The predicted octanol–water partition coefficient (Wildman–Crippen LogP) is 2.94. The predicted molar refractivity (Wildman–Crippen MR) is 79.2 cm³/mol. The number of aromatic nitrogens is 2. The Hall–Kier alpha value is -1.88. The van der Waals surface area contributed by atoms with E-state index >= 15 is 0 Å². The van der Waals surface area contributed by atoms with Crippen LogP contribution in [0.3, 0.4) is 0 Å². The summed E-state index contributed by atoms with van der Waals surface area (Å²) in [4.78, 5) is 0. The second-order valence-electron chi connectivity index (χ2n) is 5.37. The summed E-state index contributed by atoms with van der Waals surface area (Å²) in [7, 11) is 0. The molecule has 5 heteroatoms. The van der Waals surface area contributed by atoms with Crippen LogP contribution >= 0.6 is 0 Å². The van der Waals surface area contributed by atoms with Crippen molar-refractivity contribution >= 4 is 0 Å². The zero-order valence-electron chi connectivity index (χ0n) is 12.6. The molecule has 1 aromatic heterocycles. The molecular formula is C16H21N3O2. The van der Waals surface area contributed by atoms with E-state index in [1.807, 2.05) is 6.07 Å². The van der Waals surface area contributed by atoms with Gasteiger partial charge in [-0.15, -0.1) is 10.2 Å². The molecule has 0 amide bonds. The molecule has 0 radical (unpaired) electrons. The van der Waals surface area contributed by atoms with Crippen LogP contribution in [0.2, 0.25) is 0 Å². The highest BCUT2D eigenvalue weighted by Gasteiger charge is 2.19. The summed E-state index contributed by atoms with van der Waals surface area (Å²) in [6.07, 6.45) is 3.55. The first-order valence-electron chi connectivity index (χ1n) is 7.54. The molecule has 0 fully saturated rings. The fourth-order valence-corrected chi connectivity index (χ4v) is 2.88. The molecule has 21 heavy (non-hydrogen) atoms. The monoisotopic (exact) mass is 287 g/mol. The summed E-state index contributed by atoms with van der Waals surface area (Å²) in [5.41, 5.74) is 2.79. The van der Waals surface area contributed by atoms with Gasteiger partial charge in [-0.25, -0.2) is 0 Å². The van der Waals surface area contributed by atoms with Crippen LogP contribution in [0.4, 0.5) is 0 Å². The molecule has 2 aromatic rings. The Kier molecular flexibility index (Phi) is 4.20. The smallest absolute Gasteiger partial charge is 0.253 e. The minimum Gasteiger partial charge on any atom is -0.484 e. The largest absolute Gasteiger partial charge is 0.484 e. The normalized spacial score (nSPS) is 17.5. The summed E-state index contributed by atoms with van der Waals surface area (Å²) < 4.78 is 11.1. The number of hydrogen-bond acceptors (Lipinski definition) is 5. The van der Waals surface area contributed by atoms with E-state index in [-0.39, 0.29) is 0 Å². The Morgan fingerprint density at radius 2 is 2.29 bits per heavy atom. The van der Waals surface area contributed by atoms with Crippen LogP contribution in [0, 0.1) is 6.92 Å². The number of rotatable bonds is 5. The van der Waals surface area contributed by atoms with Gasteiger partial charge in [0, 0.05) is 13.0 Å². The van der Waals surface area contributed by atoms with E-state index < -0.39 is 0 Å². The molecule has 1 N–H and O–H groups in total. The molecule has 1 aliphatic carbocycles. The Morgan fingerprint density at radius 3 is 3.05 bits per heavy atom. The number of fused-ring (bicyclic) bond motifs is 1. The van der Waals surface area contributed by atoms with Gasteiger partial charge in [-0.3, -0.25) is 0 Å². The Balaban J connectivity index is 1.70. The summed E-state index contributed by atoms with van der Waals surface area (Å²) in [5, 5.41) is 11.3. The van der Waals surface area contributed by atoms with Crippen molar-refractivity contribution in [3.05, 3.63) is 41.1 Å². The third-order valence-corrected chi connectivity index (χ3v) is 3.81. The van der Waals surface area contributed by atoms with Crippen LogP contribution < -0.4 is 10.1 Å². The molecule has 0 saturated heterocycles. The number of nitrogens with one attached hydrogen (secondary N) is 1. The lowest BCUT2D eigenvalue weighted by Gasteiger charge is -2.26. The first kappa shape index (κ1) is 14.1. The maximum absolute atomic E-state index is 5.75. The van der Waals surface area contributed by atoms with Crippen molar-refractivity contribution in [1.29, 1.82) is 0 Å². The van der Waals surface area contributed by atoms with Gasteiger partial charge < -0.3 is 14.5 Å². The first-order chi connectivity index (χ1) is 10.3. The van der Waals surface area contributed by atoms with Gasteiger partial charge >= 0.3 is 0 Å². The lowest BCUT2D eigenvalue weighted by Crippen LogP contribution is -2.24. The van der Waals surface area contributed by atoms with Crippen molar-refractivity contribution in [3.63, 3.8) is 0 Å². The minimum absolute atomic E-state index is 0.316. The van der Waals surface area contributed by atoms with Gasteiger partial charge in [-0.1, -0.05) is 13.0 Å². The van der Waals surface area contributed by atoms with Crippen molar-refractivity contribution in [3.8, 4) is 5.75 Å². The van der Waals surface area contributed by atoms with Gasteiger partial charge in [-0.05, 0) is 49.1 Å². The van der Waals surface area contributed by atoms with Gasteiger partial charge in [0.25, 0.3) is 5.89 Å². The van der Waals surface area contributed by atoms with Gasteiger partial charge in [0.15, 0.2) is 6.61 Å². The van der Waals surface area contributed by atoms with Crippen molar-refractivity contribution in [1.82, 2.24) is 15.5 Å². The lowest BCUT2D eigenvalue weighted by atomic mass is 9.87. The first-order valence-corrected chi connectivity index (χ1v) is 7.54. The Labute approximate surface area is 124 Å². The molecule has 1 atom stereocenters. The fourth-order valence-electron chi connectivity index (χ4n) is 2.88. The molecule has 1 unspecified atom stereocenters. The highest BCUT2D eigenvalue weighted by Crippen LogP contribution is 2.32. The Morgan fingerprint density at radius 1 is 1.38 bits per heavy atom. The lowest BCUT2D eigenvalue weighted by molar-refractivity contribution is 0.260. The molecule has 0 bridgehead atoms. The number of aryl methyl sites for hydroxylation is 2. The number of nitrogens with zero attached hydrogens (tertiary/aromatic N) is 2. The van der Waals surface area contributed by atoms with Gasteiger partial charge in [-0.2, -0.15) is 0 Å². The van der Waals surface area contributed by atoms with Crippen LogP contribution in [0.5, 0.6) is 5.75 Å². The molecule has 112 valence electrons. The molecule has 1 aromatic carbocycles. The number of hydrogen-bond donors (Lipinski definition) is 1. The standard InChI is InChI=1S/C16H21N3O2/c1-3-17-15-6-4-5-12-9-13(7-8-14(12)15)20-10-16-19-18-11(2)21-16/h7-9,15,17H,3-6,10H2,1-2H3. The summed E-state index contributed by atoms with van der Waals surface area (Å²) in [6, 6.07) is 6.82. The van der Waals surface area contributed by atoms with Crippen LogP contribution in [0.1, 0.15) is 48.7 Å². The summed E-state index contributed by atoms with van der Waals surface area (Å²) in [5.74, 6) is 1.94. The third-order valence-electron chi connectivity index (χ3n) is 3.81. The second kappa shape index (κ2) is 6.26. The van der Waals surface area contributed by atoms with Crippen LogP contribution in [0.15, 0.2) is 22.6 Å². The maximum Gasteiger partial charge on any atom is 0.253 e. The van der Waals surface area contributed by atoms with Crippen LogP contribution in [-0.4, -0.2) is 16.7 Å². The zero-order valence-corrected chi connectivity index (χ0v) is 12.6. The Bertz CT molecular complexity index is 609. The van der Waals surface area contributed by atoms with E-state index in [2.05, 4.69) is 34.6 Å². The summed E-state index contributed by atoms with van der Waals surface area (Å²) in [6.45, 7) is 5.24. The van der Waals surface area contributed by atoms with Crippen molar-refractivity contribution in [2.24, 2.45) is 0 Å². The van der Waals surface area contributed by atoms with Gasteiger partial charge in [0.2, 0.25) is 5.89 Å². The van der Waals surface area contributed by atoms with E-state index in [1.165, 1.54) is 24.0 Å². The maximum atomic E-state index is 5.75.